The third-order valence-electron chi connectivity index (χ3n) is 4.31. The summed E-state index contributed by atoms with van der Waals surface area (Å²) in [5, 5.41) is 0. The van der Waals surface area contributed by atoms with Crippen molar-refractivity contribution < 1.29 is 0 Å². The van der Waals surface area contributed by atoms with Crippen LogP contribution in [0.3, 0.4) is 0 Å². The fourth-order valence-corrected chi connectivity index (χ4v) is 3.54. The highest BCUT2D eigenvalue weighted by Crippen LogP contribution is 2.45. The van der Waals surface area contributed by atoms with Crippen molar-refractivity contribution in [2.75, 3.05) is 23.7 Å². The van der Waals surface area contributed by atoms with E-state index < -0.39 is 0 Å². The first kappa shape index (κ1) is 11.4. The van der Waals surface area contributed by atoms with Gasteiger partial charge < -0.3 is 10.6 Å². The first-order valence-electron chi connectivity index (χ1n) is 6.49. The molecule has 2 N–H and O–H groups in total. The Bertz CT molecular complexity index is 416. The van der Waals surface area contributed by atoms with Crippen molar-refractivity contribution in [3.8, 4) is 0 Å². The topological polar surface area (TPSA) is 29.3 Å². The smallest absolute Gasteiger partial charge is 0.0479 e. The van der Waals surface area contributed by atoms with Crippen molar-refractivity contribution >= 4 is 27.3 Å². The Morgan fingerprint density at radius 2 is 1.82 bits per heavy atom. The highest BCUT2D eigenvalue weighted by molar-refractivity contribution is 9.10. The van der Waals surface area contributed by atoms with Crippen molar-refractivity contribution in [1.82, 2.24) is 0 Å². The van der Waals surface area contributed by atoms with E-state index in [-0.39, 0.29) is 0 Å². The largest absolute Gasteiger partial charge is 0.398 e. The second-order valence-electron chi connectivity index (χ2n) is 5.62. The summed E-state index contributed by atoms with van der Waals surface area (Å²) in [6.07, 6.45) is 7.14. The van der Waals surface area contributed by atoms with E-state index in [9.17, 15) is 0 Å². The Kier molecular flexibility index (Phi) is 2.81. The van der Waals surface area contributed by atoms with Crippen LogP contribution in [0.2, 0.25) is 0 Å². The van der Waals surface area contributed by atoms with Gasteiger partial charge in [0.2, 0.25) is 0 Å². The molecule has 1 heterocycles. The molecule has 1 aliphatic carbocycles. The molecule has 0 unspecified atom stereocenters. The molecule has 1 aromatic carbocycles. The van der Waals surface area contributed by atoms with Crippen molar-refractivity contribution in [2.45, 2.75) is 32.1 Å². The van der Waals surface area contributed by atoms with Gasteiger partial charge in [0.1, 0.15) is 0 Å². The number of hydrogen-bond donors (Lipinski definition) is 1. The molecule has 0 atom stereocenters. The number of benzene rings is 1. The molecule has 0 aromatic heterocycles. The molecule has 3 rings (SSSR count). The summed E-state index contributed by atoms with van der Waals surface area (Å²) in [4.78, 5) is 2.47. The standard InChI is InChI=1S/C14H19BrN2/c15-12-5-4-11(8-13(12)16)17-9-14(10-17)6-2-1-3-7-14/h4-5,8H,1-3,6-7,9-10,16H2. The first-order chi connectivity index (χ1) is 8.19. The Labute approximate surface area is 111 Å². The third kappa shape index (κ3) is 2.05. The molecule has 0 amide bonds. The lowest BCUT2D eigenvalue weighted by atomic mass is 9.68. The number of halogens is 1. The van der Waals surface area contributed by atoms with Gasteiger partial charge >= 0.3 is 0 Å². The number of nitrogen functional groups attached to an aromatic ring is 1. The van der Waals surface area contributed by atoms with Gasteiger partial charge in [-0.3, -0.25) is 0 Å². The first-order valence-corrected chi connectivity index (χ1v) is 7.28. The molecule has 1 saturated heterocycles. The van der Waals surface area contributed by atoms with Crippen molar-refractivity contribution in [1.29, 1.82) is 0 Å². The number of hydrogen-bond acceptors (Lipinski definition) is 2. The maximum atomic E-state index is 5.93. The molecule has 1 spiro atoms. The summed E-state index contributed by atoms with van der Waals surface area (Å²) >= 11 is 3.44. The summed E-state index contributed by atoms with van der Waals surface area (Å²) < 4.78 is 0.995. The molecule has 1 aliphatic heterocycles. The molecule has 2 aliphatic rings. The summed E-state index contributed by atoms with van der Waals surface area (Å²) in [5.41, 5.74) is 8.69. The molecule has 2 fully saturated rings. The Hall–Kier alpha value is -0.700. The number of rotatable bonds is 1. The highest BCUT2D eigenvalue weighted by atomic mass is 79.9. The van der Waals surface area contributed by atoms with Crippen LogP contribution in [-0.4, -0.2) is 13.1 Å². The molecule has 1 saturated carbocycles. The van der Waals surface area contributed by atoms with E-state index in [1.54, 1.807) is 0 Å². The van der Waals surface area contributed by atoms with Crippen LogP contribution in [0.1, 0.15) is 32.1 Å². The van der Waals surface area contributed by atoms with Crippen LogP contribution >= 0.6 is 15.9 Å². The van der Waals surface area contributed by atoms with E-state index in [0.29, 0.717) is 5.41 Å². The molecular weight excluding hydrogens is 276 g/mol. The van der Waals surface area contributed by atoms with Crippen LogP contribution in [0.5, 0.6) is 0 Å². The summed E-state index contributed by atoms with van der Waals surface area (Å²) in [6.45, 7) is 2.46. The van der Waals surface area contributed by atoms with Crippen LogP contribution in [0, 0.1) is 5.41 Å². The van der Waals surface area contributed by atoms with Gasteiger partial charge in [0.25, 0.3) is 0 Å². The molecule has 1 aromatic rings. The Balaban J connectivity index is 1.70. The van der Waals surface area contributed by atoms with Crippen molar-refractivity contribution in [3.63, 3.8) is 0 Å². The Morgan fingerprint density at radius 1 is 1.12 bits per heavy atom. The van der Waals surface area contributed by atoms with Crippen LogP contribution in [0.4, 0.5) is 11.4 Å². The Morgan fingerprint density at radius 3 is 2.47 bits per heavy atom. The van der Waals surface area contributed by atoms with E-state index in [1.807, 2.05) is 0 Å². The van der Waals surface area contributed by atoms with Crippen LogP contribution in [-0.2, 0) is 0 Å². The maximum Gasteiger partial charge on any atom is 0.0479 e. The fourth-order valence-electron chi connectivity index (χ4n) is 3.29. The minimum absolute atomic E-state index is 0.639. The van der Waals surface area contributed by atoms with Gasteiger partial charge in [-0.25, -0.2) is 0 Å². The SMILES string of the molecule is Nc1cc(N2CC3(CCCCC3)C2)ccc1Br. The average Bonchev–Trinajstić information content (AvgIpc) is 2.31. The summed E-state index contributed by atoms with van der Waals surface area (Å²) in [6, 6.07) is 6.30. The van der Waals surface area contributed by atoms with E-state index in [1.165, 1.54) is 50.9 Å². The van der Waals surface area contributed by atoms with Gasteiger partial charge in [-0.15, -0.1) is 0 Å². The van der Waals surface area contributed by atoms with Crippen molar-refractivity contribution in [3.05, 3.63) is 22.7 Å². The lowest BCUT2D eigenvalue weighted by Crippen LogP contribution is -2.57. The van der Waals surface area contributed by atoms with E-state index >= 15 is 0 Å². The lowest BCUT2D eigenvalue weighted by molar-refractivity contribution is 0.139. The van der Waals surface area contributed by atoms with Gasteiger partial charge in [-0.2, -0.15) is 0 Å². The number of nitrogens with zero attached hydrogens (tertiary/aromatic N) is 1. The lowest BCUT2D eigenvalue weighted by Gasteiger charge is -2.53. The van der Waals surface area contributed by atoms with Crippen LogP contribution in [0.15, 0.2) is 22.7 Å². The van der Waals surface area contributed by atoms with E-state index in [4.69, 9.17) is 5.73 Å². The van der Waals surface area contributed by atoms with Gasteiger partial charge in [0, 0.05) is 34.4 Å². The normalized spacial score (nSPS) is 22.5. The highest BCUT2D eigenvalue weighted by Gasteiger charge is 2.43. The number of nitrogens with two attached hydrogens (primary N) is 1. The zero-order valence-electron chi connectivity index (χ0n) is 10.1. The quantitative estimate of drug-likeness (QED) is 0.798. The van der Waals surface area contributed by atoms with E-state index in [2.05, 4.69) is 39.0 Å². The van der Waals surface area contributed by atoms with Gasteiger partial charge in [-0.1, -0.05) is 19.3 Å². The third-order valence-corrected chi connectivity index (χ3v) is 5.03. The average molecular weight is 295 g/mol. The second-order valence-corrected chi connectivity index (χ2v) is 6.48. The second kappa shape index (κ2) is 4.20. The molecule has 3 heteroatoms. The van der Waals surface area contributed by atoms with Gasteiger partial charge in [-0.05, 0) is 47.0 Å². The maximum absolute atomic E-state index is 5.93. The minimum atomic E-state index is 0.639. The molecule has 0 bridgehead atoms. The predicted octanol–water partition coefficient (Wildman–Crippen LogP) is 3.80. The monoisotopic (exact) mass is 294 g/mol. The van der Waals surface area contributed by atoms with E-state index in [0.717, 1.165) is 10.2 Å². The molecular formula is C14H19BrN2. The summed E-state index contributed by atoms with van der Waals surface area (Å²) in [5.74, 6) is 0. The zero-order chi connectivity index (χ0) is 11.9. The summed E-state index contributed by atoms with van der Waals surface area (Å²) in [7, 11) is 0. The van der Waals surface area contributed by atoms with Gasteiger partial charge in [0.15, 0.2) is 0 Å². The van der Waals surface area contributed by atoms with Gasteiger partial charge in [0.05, 0.1) is 0 Å². The van der Waals surface area contributed by atoms with Crippen molar-refractivity contribution in [2.24, 2.45) is 5.41 Å². The molecule has 17 heavy (non-hydrogen) atoms. The number of anilines is 2. The molecule has 92 valence electrons. The van der Waals surface area contributed by atoms with Crippen LogP contribution < -0.4 is 10.6 Å². The zero-order valence-corrected chi connectivity index (χ0v) is 11.7. The van der Waals surface area contributed by atoms with Crippen LogP contribution in [0.25, 0.3) is 0 Å². The minimum Gasteiger partial charge on any atom is -0.398 e. The molecule has 2 nitrogen and oxygen atoms in total. The predicted molar refractivity (Wildman–Crippen MR) is 76.3 cm³/mol. The fraction of sp³-hybridized carbons (Fsp3) is 0.571. The molecule has 0 radical (unpaired) electrons.